The van der Waals surface area contributed by atoms with Crippen LogP contribution < -0.4 is 5.32 Å². The smallest absolute Gasteiger partial charge is 0.254 e. The van der Waals surface area contributed by atoms with Crippen LogP contribution in [0.3, 0.4) is 0 Å². The van der Waals surface area contributed by atoms with Gasteiger partial charge in [0, 0.05) is 29.8 Å². The Labute approximate surface area is 148 Å². The van der Waals surface area contributed by atoms with E-state index in [1.165, 1.54) is 0 Å². The lowest BCUT2D eigenvalue weighted by Gasteiger charge is -2.27. The number of benzene rings is 2. The van der Waals surface area contributed by atoms with E-state index in [9.17, 15) is 9.59 Å². The van der Waals surface area contributed by atoms with Crippen molar-refractivity contribution in [1.82, 2.24) is 10.2 Å². The number of rotatable bonds is 6. The standard InChI is InChI=1S/C21H24N2O2/c1-15(2)23(14-16-7-4-3-5-8-16)21(25)18-10-6-9-17(13-18)20(24)22-19-11-12-19/h3-10,13,15,19H,11-12,14H2,1-2H3,(H,22,24). The van der Waals surface area contributed by atoms with E-state index in [1.54, 1.807) is 24.3 Å². The van der Waals surface area contributed by atoms with Crippen molar-refractivity contribution in [3.63, 3.8) is 0 Å². The molecule has 130 valence electrons. The summed E-state index contributed by atoms with van der Waals surface area (Å²) in [5.41, 5.74) is 2.18. The Bertz CT molecular complexity index is 752. The summed E-state index contributed by atoms with van der Waals surface area (Å²) < 4.78 is 0. The number of nitrogens with one attached hydrogen (secondary N) is 1. The fraction of sp³-hybridized carbons (Fsp3) is 0.333. The summed E-state index contributed by atoms with van der Waals surface area (Å²) in [5.74, 6) is -0.156. The molecular weight excluding hydrogens is 312 g/mol. The molecule has 0 bridgehead atoms. The molecule has 4 heteroatoms. The largest absolute Gasteiger partial charge is 0.349 e. The highest BCUT2D eigenvalue weighted by molar-refractivity contribution is 5.99. The monoisotopic (exact) mass is 336 g/mol. The Morgan fingerprint density at radius 1 is 1.04 bits per heavy atom. The van der Waals surface area contributed by atoms with Gasteiger partial charge in [-0.25, -0.2) is 0 Å². The SMILES string of the molecule is CC(C)N(Cc1ccccc1)C(=O)c1cccc(C(=O)NC2CC2)c1. The Morgan fingerprint density at radius 3 is 2.36 bits per heavy atom. The summed E-state index contributed by atoms with van der Waals surface area (Å²) in [6.07, 6.45) is 2.09. The lowest BCUT2D eigenvalue weighted by molar-refractivity contribution is 0.0690. The van der Waals surface area contributed by atoms with Crippen LogP contribution in [-0.4, -0.2) is 28.8 Å². The fourth-order valence-corrected chi connectivity index (χ4v) is 2.72. The van der Waals surface area contributed by atoms with Gasteiger partial charge in [-0.3, -0.25) is 9.59 Å². The number of amides is 2. The molecule has 1 aliphatic rings. The molecule has 0 heterocycles. The third kappa shape index (κ3) is 4.47. The van der Waals surface area contributed by atoms with Gasteiger partial charge in [0.05, 0.1) is 0 Å². The molecular formula is C21H24N2O2. The molecule has 2 aromatic carbocycles. The molecule has 4 nitrogen and oxygen atoms in total. The molecule has 2 amide bonds. The zero-order valence-electron chi connectivity index (χ0n) is 14.7. The molecule has 0 aliphatic heterocycles. The number of hydrogen-bond acceptors (Lipinski definition) is 2. The van der Waals surface area contributed by atoms with Crippen LogP contribution >= 0.6 is 0 Å². The number of hydrogen-bond donors (Lipinski definition) is 1. The van der Waals surface area contributed by atoms with E-state index >= 15 is 0 Å². The maximum atomic E-state index is 13.0. The molecule has 3 rings (SSSR count). The molecule has 0 spiro atoms. The van der Waals surface area contributed by atoms with E-state index in [0.717, 1.165) is 18.4 Å². The second kappa shape index (κ2) is 7.51. The second-order valence-electron chi connectivity index (χ2n) is 6.84. The molecule has 0 aromatic heterocycles. The summed E-state index contributed by atoms with van der Waals surface area (Å²) >= 11 is 0. The Hall–Kier alpha value is -2.62. The molecule has 25 heavy (non-hydrogen) atoms. The van der Waals surface area contributed by atoms with Crippen molar-refractivity contribution in [3.05, 3.63) is 71.3 Å². The molecule has 2 aromatic rings. The van der Waals surface area contributed by atoms with Crippen LogP contribution in [0.2, 0.25) is 0 Å². The fourth-order valence-electron chi connectivity index (χ4n) is 2.72. The molecule has 0 unspecified atom stereocenters. The summed E-state index contributed by atoms with van der Waals surface area (Å²) in [5, 5.41) is 2.96. The third-order valence-corrected chi connectivity index (χ3v) is 4.36. The van der Waals surface area contributed by atoms with Crippen LogP contribution in [0.15, 0.2) is 54.6 Å². The van der Waals surface area contributed by atoms with Crippen LogP contribution in [-0.2, 0) is 6.54 Å². The molecule has 0 radical (unpaired) electrons. The minimum Gasteiger partial charge on any atom is -0.349 e. The van der Waals surface area contributed by atoms with Crippen LogP contribution in [0.5, 0.6) is 0 Å². The molecule has 1 saturated carbocycles. The first-order valence-corrected chi connectivity index (χ1v) is 8.80. The average Bonchev–Trinajstić information content (AvgIpc) is 3.44. The Balaban J connectivity index is 1.78. The van der Waals surface area contributed by atoms with Gasteiger partial charge < -0.3 is 10.2 Å². The van der Waals surface area contributed by atoms with Crippen LogP contribution in [0.1, 0.15) is 53.0 Å². The van der Waals surface area contributed by atoms with Gasteiger partial charge in [0.2, 0.25) is 0 Å². The van der Waals surface area contributed by atoms with Crippen molar-refractivity contribution >= 4 is 11.8 Å². The van der Waals surface area contributed by atoms with Gasteiger partial charge in [0.1, 0.15) is 0 Å². The van der Waals surface area contributed by atoms with E-state index < -0.39 is 0 Å². The van der Waals surface area contributed by atoms with Crippen molar-refractivity contribution in [2.24, 2.45) is 0 Å². The molecule has 0 saturated heterocycles. The van der Waals surface area contributed by atoms with Gasteiger partial charge in [-0.15, -0.1) is 0 Å². The maximum absolute atomic E-state index is 13.0. The van der Waals surface area contributed by atoms with Crippen LogP contribution in [0, 0.1) is 0 Å². The molecule has 1 fully saturated rings. The van der Waals surface area contributed by atoms with Crippen molar-refractivity contribution in [3.8, 4) is 0 Å². The Morgan fingerprint density at radius 2 is 1.72 bits per heavy atom. The van der Waals surface area contributed by atoms with Crippen molar-refractivity contribution in [2.45, 2.75) is 45.3 Å². The quantitative estimate of drug-likeness (QED) is 0.876. The van der Waals surface area contributed by atoms with E-state index in [-0.39, 0.29) is 17.9 Å². The van der Waals surface area contributed by atoms with Gasteiger partial charge in [0.15, 0.2) is 0 Å². The number of nitrogens with zero attached hydrogens (tertiary/aromatic N) is 1. The zero-order chi connectivity index (χ0) is 17.8. The van der Waals surface area contributed by atoms with Crippen LogP contribution in [0.4, 0.5) is 0 Å². The van der Waals surface area contributed by atoms with Crippen molar-refractivity contribution in [1.29, 1.82) is 0 Å². The summed E-state index contributed by atoms with van der Waals surface area (Å²) in [4.78, 5) is 27.0. The van der Waals surface area contributed by atoms with Gasteiger partial charge in [-0.2, -0.15) is 0 Å². The lowest BCUT2D eigenvalue weighted by atomic mass is 10.1. The van der Waals surface area contributed by atoms with E-state index in [0.29, 0.717) is 23.7 Å². The van der Waals surface area contributed by atoms with Crippen molar-refractivity contribution < 1.29 is 9.59 Å². The van der Waals surface area contributed by atoms with Gasteiger partial charge in [0.25, 0.3) is 11.8 Å². The van der Waals surface area contributed by atoms with E-state index in [4.69, 9.17) is 0 Å². The minimum absolute atomic E-state index is 0.0556. The number of carbonyl (C=O) groups is 2. The first-order chi connectivity index (χ1) is 12.0. The first kappa shape index (κ1) is 17.2. The molecule has 1 N–H and O–H groups in total. The number of carbonyl (C=O) groups excluding carboxylic acids is 2. The summed E-state index contributed by atoms with van der Waals surface area (Å²) in [6.45, 7) is 4.56. The maximum Gasteiger partial charge on any atom is 0.254 e. The molecule has 1 aliphatic carbocycles. The zero-order valence-corrected chi connectivity index (χ0v) is 14.7. The van der Waals surface area contributed by atoms with Gasteiger partial charge in [-0.05, 0) is 50.5 Å². The van der Waals surface area contributed by atoms with Gasteiger partial charge in [-0.1, -0.05) is 36.4 Å². The molecule has 0 atom stereocenters. The van der Waals surface area contributed by atoms with Gasteiger partial charge >= 0.3 is 0 Å². The summed E-state index contributed by atoms with van der Waals surface area (Å²) in [6, 6.07) is 17.3. The summed E-state index contributed by atoms with van der Waals surface area (Å²) in [7, 11) is 0. The van der Waals surface area contributed by atoms with Crippen molar-refractivity contribution in [2.75, 3.05) is 0 Å². The average molecular weight is 336 g/mol. The second-order valence-corrected chi connectivity index (χ2v) is 6.84. The Kier molecular flexibility index (Phi) is 5.17. The third-order valence-electron chi connectivity index (χ3n) is 4.36. The minimum atomic E-state index is -0.101. The highest BCUT2D eigenvalue weighted by atomic mass is 16.2. The highest BCUT2D eigenvalue weighted by Gasteiger charge is 2.25. The lowest BCUT2D eigenvalue weighted by Crippen LogP contribution is -2.36. The van der Waals surface area contributed by atoms with E-state index in [2.05, 4.69) is 5.32 Å². The normalized spacial score (nSPS) is 13.6. The van der Waals surface area contributed by atoms with Crippen LogP contribution in [0.25, 0.3) is 0 Å². The predicted octanol–water partition coefficient (Wildman–Crippen LogP) is 3.63. The first-order valence-electron chi connectivity index (χ1n) is 8.80. The predicted molar refractivity (Wildman–Crippen MR) is 98.4 cm³/mol. The van der Waals surface area contributed by atoms with E-state index in [1.807, 2.05) is 49.1 Å². The topological polar surface area (TPSA) is 49.4 Å². The highest BCUT2D eigenvalue weighted by Crippen LogP contribution is 2.20.